The Morgan fingerprint density at radius 2 is 2.18 bits per heavy atom. The van der Waals surface area contributed by atoms with E-state index in [1.54, 1.807) is 17.1 Å². The maximum Gasteiger partial charge on any atom is 0.265 e. The molecule has 1 atom stereocenters. The molecule has 1 unspecified atom stereocenters. The summed E-state index contributed by atoms with van der Waals surface area (Å²) in [6, 6.07) is 9.46. The third-order valence-electron chi connectivity index (χ3n) is 3.65. The van der Waals surface area contributed by atoms with Crippen molar-refractivity contribution in [3.05, 3.63) is 42.9 Å². The van der Waals surface area contributed by atoms with Crippen LogP contribution in [0.3, 0.4) is 0 Å². The molecule has 1 aliphatic rings. The van der Waals surface area contributed by atoms with Gasteiger partial charge in [0, 0.05) is 18.7 Å². The molecule has 0 radical (unpaired) electrons. The highest BCUT2D eigenvalue weighted by atomic mass is 19.1. The zero-order valence-electron chi connectivity index (χ0n) is 11.7. The number of nitriles is 1. The lowest BCUT2D eigenvalue weighted by Crippen LogP contribution is -2.40. The average Bonchev–Trinajstić information content (AvgIpc) is 3.16. The highest BCUT2D eigenvalue weighted by Crippen LogP contribution is 2.26. The number of halogens is 1. The predicted octanol–water partition coefficient (Wildman–Crippen LogP) is 1.71. The Hall–Kier alpha value is -2.88. The largest absolute Gasteiger partial charge is 0.307 e. The number of benzene rings is 1. The number of carbonyl (C=O) groups is 1. The van der Waals surface area contributed by atoms with Crippen LogP contribution in [0.25, 0.3) is 5.69 Å². The van der Waals surface area contributed by atoms with E-state index in [1.165, 1.54) is 4.90 Å². The molecule has 2 aromatic rings. The molecule has 22 heavy (non-hydrogen) atoms. The van der Waals surface area contributed by atoms with Crippen LogP contribution < -0.4 is 5.32 Å². The summed E-state index contributed by atoms with van der Waals surface area (Å²) in [5.41, 5.74) is -1.16. The third kappa shape index (κ3) is 2.63. The number of likely N-dealkylation sites (tertiary alicyclic amines) is 1. The van der Waals surface area contributed by atoms with E-state index in [2.05, 4.69) is 10.3 Å². The fourth-order valence-corrected chi connectivity index (χ4v) is 2.40. The van der Waals surface area contributed by atoms with Gasteiger partial charge in [-0.25, -0.2) is 9.37 Å². The molecular formula is C15H14FN5O. The van der Waals surface area contributed by atoms with Crippen molar-refractivity contribution in [2.45, 2.75) is 12.1 Å². The zero-order valence-corrected chi connectivity index (χ0v) is 11.7. The number of nitrogens with zero attached hydrogens (tertiary/aromatic N) is 4. The predicted molar refractivity (Wildman–Crippen MR) is 77.8 cm³/mol. The van der Waals surface area contributed by atoms with Gasteiger partial charge in [-0.15, -0.1) is 0 Å². The Bertz CT molecular complexity index is 723. The molecule has 1 aromatic heterocycles. The molecule has 1 saturated heterocycles. The van der Waals surface area contributed by atoms with Crippen LogP contribution in [0.1, 0.15) is 6.42 Å². The van der Waals surface area contributed by atoms with Gasteiger partial charge in [0.15, 0.2) is 12.0 Å². The van der Waals surface area contributed by atoms with Crippen molar-refractivity contribution < 1.29 is 9.18 Å². The first-order valence-electron chi connectivity index (χ1n) is 6.85. The second-order valence-corrected chi connectivity index (χ2v) is 5.19. The fraction of sp³-hybridized carbons (Fsp3) is 0.267. The smallest absolute Gasteiger partial charge is 0.265 e. The van der Waals surface area contributed by atoms with E-state index in [4.69, 9.17) is 5.26 Å². The Labute approximate surface area is 126 Å². The lowest BCUT2D eigenvalue weighted by molar-refractivity contribution is -0.126. The van der Waals surface area contributed by atoms with Gasteiger partial charge in [0.05, 0.1) is 12.7 Å². The van der Waals surface area contributed by atoms with Gasteiger partial charge in [0.25, 0.3) is 5.91 Å². The number of nitrogens with one attached hydrogen (secondary N) is 1. The molecule has 112 valence electrons. The molecule has 7 heteroatoms. The van der Waals surface area contributed by atoms with Crippen LogP contribution in [0.5, 0.6) is 0 Å². The molecule has 1 N–H and O–H groups in total. The minimum atomic E-state index is -2.05. The number of amides is 1. The normalized spacial score (nSPS) is 20.6. The van der Waals surface area contributed by atoms with Gasteiger partial charge in [-0.2, -0.15) is 5.26 Å². The number of hydrogen-bond acceptors (Lipinski definition) is 4. The number of carbonyl (C=O) groups excluding carboxylic acids is 1. The molecule has 3 rings (SSSR count). The van der Waals surface area contributed by atoms with Gasteiger partial charge in [-0.3, -0.25) is 4.79 Å². The van der Waals surface area contributed by atoms with Gasteiger partial charge in [-0.1, -0.05) is 18.2 Å². The van der Waals surface area contributed by atoms with Crippen LogP contribution in [0, 0.1) is 11.5 Å². The van der Waals surface area contributed by atoms with Crippen molar-refractivity contribution in [1.82, 2.24) is 14.5 Å². The van der Waals surface area contributed by atoms with Crippen molar-refractivity contribution in [3.8, 4) is 11.9 Å². The summed E-state index contributed by atoms with van der Waals surface area (Å²) in [5, 5.41) is 11.2. The van der Waals surface area contributed by atoms with Crippen LogP contribution in [0.2, 0.25) is 0 Å². The summed E-state index contributed by atoms with van der Waals surface area (Å²) < 4.78 is 16.3. The summed E-state index contributed by atoms with van der Waals surface area (Å²) >= 11 is 0. The Kier molecular flexibility index (Phi) is 3.51. The minimum Gasteiger partial charge on any atom is -0.307 e. The van der Waals surface area contributed by atoms with Gasteiger partial charge in [-0.05, 0) is 12.1 Å². The standard InChI is InChI=1S/C15H14FN5O/c16-15(6-7-20(9-15)10-17)14(22)19-13-8-21(11-18-13)12-4-2-1-3-5-12/h1-5,8,11H,6-7,9H2,(H,19,22). The number of imidazole rings is 1. The Morgan fingerprint density at radius 3 is 2.86 bits per heavy atom. The quantitative estimate of drug-likeness (QED) is 0.876. The van der Waals surface area contributed by atoms with Gasteiger partial charge >= 0.3 is 0 Å². The van der Waals surface area contributed by atoms with E-state index in [-0.39, 0.29) is 25.3 Å². The minimum absolute atomic E-state index is 0.00574. The monoisotopic (exact) mass is 299 g/mol. The summed E-state index contributed by atoms with van der Waals surface area (Å²) in [4.78, 5) is 17.4. The van der Waals surface area contributed by atoms with Crippen molar-refractivity contribution in [2.24, 2.45) is 0 Å². The van der Waals surface area contributed by atoms with E-state index in [0.717, 1.165) is 5.69 Å². The van der Waals surface area contributed by atoms with E-state index in [0.29, 0.717) is 0 Å². The van der Waals surface area contributed by atoms with Crippen molar-refractivity contribution >= 4 is 11.7 Å². The molecule has 1 amide bonds. The maximum atomic E-state index is 14.5. The summed E-state index contributed by atoms with van der Waals surface area (Å²) in [5.74, 6) is -0.482. The SMILES string of the molecule is N#CN1CCC(F)(C(=O)Nc2cn(-c3ccccc3)cn2)C1. The second-order valence-electron chi connectivity index (χ2n) is 5.19. The average molecular weight is 299 g/mol. The maximum absolute atomic E-state index is 14.5. The second kappa shape index (κ2) is 5.48. The first kappa shape index (κ1) is 14.1. The van der Waals surface area contributed by atoms with Crippen LogP contribution in [-0.2, 0) is 4.79 Å². The molecule has 1 aromatic carbocycles. The summed E-state index contributed by atoms with van der Waals surface area (Å²) in [7, 11) is 0. The fourth-order valence-electron chi connectivity index (χ4n) is 2.40. The number of hydrogen-bond donors (Lipinski definition) is 1. The van der Waals surface area contributed by atoms with Crippen LogP contribution in [0.4, 0.5) is 10.2 Å². The van der Waals surface area contributed by atoms with Crippen molar-refractivity contribution in [3.63, 3.8) is 0 Å². The summed E-state index contributed by atoms with van der Waals surface area (Å²) in [6.45, 7) is 0.0353. The Balaban J connectivity index is 1.71. The summed E-state index contributed by atoms with van der Waals surface area (Å²) in [6.07, 6.45) is 5.03. The lowest BCUT2D eigenvalue weighted by Gasteiger charge is -2.16. The molecule has 0 bridgehead atoms. The van der Waals surface area contributed by atoms with Crippen LogP contribution in [-0.4, -0.2) is 39.1 Å². The number of para-hydroxylation sites is 1. The lowest BCUT2D eigenvalue weighted by atomic mass is 10.1. The van der Waals surface area contributed by atoms with Crippen molar-refractivity contribution in [2.75, 3.05) is 18.4 Å². The number of alkyl halides is 1. The molecule has 0 aliphatic carbocycles. The zero-order chi connectivity index (χ0) is 15.6. The van der Waals surface area contributed by atoms with Gasteiger partial charge < -0.3 is 14.8 Å². The van der Waals surface area contributed by atoms with Gasteiger partial charge in [0.1, 0.15) is 6.33 Å². The van der Waals surface area contributed by atoms with E-state index >= 15 is 0 Å². The topological polar surface area (TPSA) is 74.0 Å². The van der Waals surface area contributed by atoms with Gasteiger partial charge in [0.2, 0.25) is 5.67 Å². The molecule has 1 fully saturated rings. The third-order valence-corrected chi connectivity index (χ3v) is 3.65. The first-order valence-corrected chi connectivity index (χ1v) is 6.85. The van der Waals surface area contributed by atoms with Crippen LogP contribution in [0.15, 0.2) is 42.9 Å². The molecule has 0 spiro atoms. The molecule has 1 aliphatic heterocycles. The number of anilines is 1. The van der Waals surface area contributed by atoms with E-state index < -0.39 is 11.6 Å². The molecule has 0 saturated carbocycles. The molecule has 2 heterocycles. The van der Waals surface area contributed by atoms with Crippen LogP contribution >= 0.6 is 0 Å². The molecule has 6 nitrogen and oxygen atoms in total. The van der Waals surface area contributed by atoms with E-state index in [1.807, 2.05) is 36.5 Å². The number of aromatic nitrogens is 2. The number of rotatable bonds is 3. The van der Waals surface area contributed by atoms with E-state index in [9.17, 15) is 9.18 Å². The first-order chi connectivity index (χ1) is 10.6. The highest BCUT2D eigenvalue weighted by molar-refractivity contribution is 5.97. The highest BCUT2D eigenvalue weighted by Gasteiger charge is 2.45. The Morgan fingerprint density at radius 1 is 1.41 bits per heavy atom. The van der Waals surface area contributed by atoms with Crippen molar-refractivity contribution in [1.29, 1.82) is 5.26 Å². The molecular weight excluding hydrogens is 285 g/mol.